The number of halogens is 1. The summed E-state index contributed by atoms with van der Waals surface area (Å²) in [5.74, 6) is 0.0807. The summed E-state index contributed by atoms with van der Waals surface area (Å²) >= 11 is 0. The zero-order valence-electron chi connectivity index (χ0n) is 9.08. The monoisotopic (exact) mass is 215 g/mol. The third kappa shape index (κ3) is 1.60. The molecule has 0 aliphatic carbocycles. The fourth-order valence-electron chi connectivity index (χ4n) is 3.32. The van der Waals surface area contributed by atoms with Crippen molar-refractivity contribution in [2.45, 2.75) is 50.3 Å². The third-order valence-corrected chi connectivity index (χ3v) is 3.98. The summed E-state index contributed by atoms with van der Waals surface area (Å²) in [6.07, 6.45) is 2.48. The Kier molecular flexibility index (Phi) is 2.81. The lowest BCUT2D eigenvalue weighted by atomic mass is 9.83. The largest absolute Gasteiger partial charge is 0.393 e. The van der Waals surface area contributed by atoms with E-state index in [2.05, 4.69) is 0 Å². The molecular weight excluding hydrogens is 197 g/mol. The highest BCUT2D eigenvalue weighted by Gasteiger charge is 2.53. The number of carbonyl (C=O) groups excluding carboxylic acids is 1. The van der Waals surface area contributed by atoms with E-state index in [1.54, 1.807) is 6.92 Å². The lowest BCUT2D eigenvalue weighted by Crippen LogP contribution is -2.58. The first-order chi connectivity index (χ1) is 7.10. The number of aliphatic hydroxyl groups excluding tert-OH is 1. The standard InChI is InChI=1S/C11H18FNO2/c1-8(14)11-3-2-9(6-10(15)7-11)13(11)5-4-12/h9-10,15H,2-7H2,1H3. The second-order valence-corrected chi connectivity index (χ2v) is 4.76. The third-order valence-electron chi connectivity index (χ3n) is 3.98. The van der Waals surface area contributed by atoms with Crippen LogP contribution in [0.4, 0.5) is 4.39 Å². The van der Waals surface area contributed by atoms with Gasteiger partial charge in [0.05, 0.1) is 11.6 Å². The van der Waals surface area contributed by atoms with Crippen LogP contribution in [0.25, 0.3) is 0 Å². The van der Waals surface area contributed by atoms with Crippen LogP contribution in [0.1, 0.15) is 32.6 Å². The van der Waals surface area contributed by atoms with E-state index in [1.807, 2.05) is 4.90 Å². The highest BCUT2D eigenvalue weighted by Crippen LogP contribution is 2.44. The molecule has 3 nitrogen and oxygen atoms in total. The number of fused-ring (bicyclic) bond motifs is 2. The molecule has 0 aromatic heterocycles. The Bertz CT molecular complexity index is 271. The molecule has 1 N–H and O–H groups in total. The van der Waals surface area contributed by atoms with Gasteiger partial charge in [0.2, 0.25) is 0 Å². The molecule has 2 saturated heterocycles. The second-order valence-electron chi connectivity index (χ2n) is 4.76. The molecule has 3 unspecified atom stereocenters. The maximum absolute atomic E-state index is 12.5. The van der Waals surface area contributed by atoms with Crippen LogP contribution in [0.3, 0.4) is 0 Å². The first-order valence-electron chi connectivity index (χ1n) is 5.62. The van der Waals surface area contributed by atoms with Crippen molar-refractivity contribution in [1.82, 2.24) is 4.90 Å². The van der Waals surface area contributed by atoms with E-state index in [4.69, 9.17) is 0 Å². The Morgan fingerprint density at radius 2 is 2.40 bits per heavy atom. The Labute approximate surface area is 89.3 Å². The molecule has 2 rings (SSSR count). The van der Waals surface area contributed by atoms with Crippen molar-refractivity contribution in [1.29, 1.82) is 0 Å². The highest BCUT2D eigenvalue weighted by molar-refractivity contribution is 5.86. The fourth-order valence-corrected chi connectivity index (χ4v) is 3.32. The summed E-state index contributed by atoms with van der Waals surface area (Å²) in [5.41, 5.74) is -0.561. The van der Waals surface area contributed by atoms with Crippen LogP contribution in [0, 0.1) is 0 Å². The Balaban J connectivity index is 2.26. The van der Waals surface area contributed by atoms with Gasteiger partial charge < -0.3 is 5.11 Å². The molecule has 2 aliphatic heterocycles. The minimum Gasteiger partial charge on any atom is -0.393 e. The number of nitrogens with zero attached hydrogens (tertiary/aromatic N) is 1. The van der Waals surface area contributed by atoms with Gasteiger partial charge in [-0.05, 0) is 32.6 Å². The number of hydrogen-bond donors (Lipinski definition) is 1. The number of Topliss-reactive ketones (excluding diaryl/α,β-unsaturated/α-hetero) is 1. The van der Waals surface area contributed by atoms with Crippen molar-refractivity contribution in [2.24, 2.45) is 0 Å². The van der Waals surface area contributed by atoms with Gasteiger partial charge in [-0.15, -0.1) is 0 Å². The van der Waals surface area contributed by atoms with E-state index >= 15 is 0 Å². The highest BCUT2D eigenvalue weighted by atomic mass is 19.1. The van der Waals surface area contributed by atoms with E-state index in [1.165, 1.54) is 0 Å². The maximum atomic E-state index is 12.5. The molecule has 2 aliphatic rings. The SMILES string of the molecule is CC(=O)C12CCC(CC(O)C1)N2CCF. The first-order valence-corrected chi connectivity index (χ1v) is 5.62. The van der Waals surface area contributed by atoms with Gasteiger partial charge in [0.1, 0.15) is 12.5 Å². The number of hydrogen-bond acceptors (Lipinski definition) is 3. The second kappa shape index (κ2) is 3.83. The molecule has 0 aromatic carbocycles. The Hall–Kier alpha value is -0.480. The van der Waals surface area contributed by atoms with Crippen LogP contribution in [-0.2, 0) is 4.79 Å². The Morgan fingerprint density at radius 3 is 3.00 bits per heavy atom. The van der Waals surface area contributed by atoms with Crippen LogP contribution < -0.4 is 0 Å². The van der Waals surface area contributed by atoms with Crippen LogP contribution in [0.5, 0.6) is 0 Å². The van der Waals surface area contributed by atoms with Gasteiger partial charge in [0, 0.05) is 12.6 Å². The summed E-state index contributed by atoms with van der Waals surface area (Å²) in [7, 11) is 0. The molecule has 0 saturated carbocycles. The molecule has 4 heteroatoms. The summed E-state index contributed by atoms with van der Waals surface area (Å²) in [5, 5.41) is 9.72. The Morgan fingerprint density at radius 1 is 1.67 bits per heavy atom. The topological polar surface area (TPSA) is 40.5 Å². The van der Waals surface area contributed by atoms with Crippen LogP contribution in [-0.4, -0.2) is 46.7 Å². The van der Waals surface area contributed by atoms with Crippen molar-refractivity contribution in [3.05, 3.63) is 0 Å². The first kappa shape index (κ1) is 11.0. The molecule has 15 heavy (non-hydrogen) atoms. The van der Waals surface area contributed by atoms with Gasteiger partial charge in [-0.25, -0.2) is 4.39 Å². The molecule has 2 fully saturated rings. The number of aliphatic hydroxyl groups is 1. The van der Waals surface area contributed by atoms with Crippen LogP contribution >= 0.6 is 0 Å². The van der Waals surface area contributed by atoms with Crippen molar-refractivity contribution in [3.63, 3.8) is 0 Å². The zero-order valence-corrected chi connectivity index (χ0v) is 9.08. The van der Waals surface area contributed by atoms with E-state index in [0.717, 1.165) is 12.8 Å². The quantitative estimate of drug-likeness (QED) is 0.760. The van der Waals surface area contributed by atoms with Crippen molar-refractivity contribution in [3.8, 4) is 0 Å². The fraction of sp³-hybridized carbons (Fsp3) is 0.909. The van der Waals surface area contributed by atoms with Gasteiger partial charge in [0.25, 0.3) is 0 Å². The summed E-state index contributed by atoms with van der Waals surface area (Å²) < 4.78 is 12.5. The summed E-state index contributed by atoms with van der Waals surface area (Å²) in [6, 6.07) is 0.202. The molecular formula is C11H18FNO2. The summed E-state index contributed by atoms with van der Waals surface area (Å²) in [4.78, 5) is 13.7. The van der Waals surface area contributed by atoms with Crippen molar-refractivity contribution < 1.29 is 14.3 Å². The lowest BCUT2D eigenvalue weighted by Gasteiger charge is -2.44. The minimum atomic E-state index is -0.561. The normalized spacial score (nSPS) is 40.7. The van der Waals surface area contributed by atoms with E-state index in [9.17, 15) is 14.3 Å². The van der Waals surface area contributed by atoms with Gasteiger partial charge >= 0.3 is 0 Å². The molecule has 86 valence electrons. The number of piperidine rings is 1. The van der Waals surface area contributed by atoms with E-state index < -0.39 is 18.3 Å². The average molecular weight is 215 g/mol. The molecule has 3 atom stereocenters. The van der Waals surface area contributed by atoms with Crippen molar-refractivity contribution >= 4 is 5.78 Å². The number of ketones is 1. The molecule has 0 radical (unpaired) electrons. The molecule has 2 bridgehead atoms. The predicted octanol–water partition coefficient (Wildman–Crippen LogP) is 0.903. The number of alkyl halides is 1. The van der Waals surface area contributed by atoms with Gasteiger partial charge in [-0.2, -0.15) is 0 Å². The van der Waals surface area contributed by atoms with Crippen LogP contribution in [0.15, 0.2) is 0 Å². The van der Waals surface area contributed by atoms with Crippen molar-refractivity contribution in [2.75, 3.05) is 13.2 Å². The van der Waals surface area contributed by atoms with Gasteiger partial charge in [0.15, 0.2) is 0 Å². The van der Waals surface area contributed by atoms with Crippen LogP contribution in [0.2, 0.25) is 0 Å². The maximum Gasteiger partial charge on any atom is 0.150 e. The molecule has 0 aromatic rings. The predicted molar refractivity (Wildman–Crippen MR) is 54.4 cm³/mol. The summed E-state index contributed by atoms with van der Waals surface area (Å²) in [6.45, 7) is 1.48. The smallest absolute Gasteiger partial charge is 0.150 e. The van der Waals surface area contributed by atoms with Gasteiger partial charge in [-0.3, -0.25) is 9.69 Å². The van der Waals surface area contributed by atoms with E-state index in [0.29, 0.717) is 19.4 Å². The average Bonchev–Trinajstić information content (AvgIpc) is 2.42. The molecule has 0 spiro atoms. The number of rotatable bonds is 3. The lowest BCUT2D eigenvalue weighted by molar-refractivity contribution is -0.134. The van der Waals surface area contributed by atoms with Gasteiger partial charge in [-0.1, -0.05) is 0 Å². The number of carbonyl (C=O) groups is 1. The molecule has 2 heterocycles. The molecule has 0 amide bonds. The zero-order chi connectivity index (χ0) is 11.1. The minimum absolute atomic E-state index is 0.0807. The van der Waals surface area contributed by atoms with E-state index in [-0.39, 0.29) is 11.8 Å².